The van der Waals surface area contributed by atoms with Crippen molar-refractivity contribution in [3.05, 3.63) is 41.7 Å². The van der Waals surface area contributed by atoms with Crippen LogP contribution in [0.15, 0.2) is 30.3 Å². The first-order valence-corrected chi connectivity index (χ1v) is 7.99. The summed E-state index contributed by atoms with van der Waals surface area (Å²) in [4.78, 5) is 4.04. The van der Waals surface area contributed by atoms with Crippen LogP contribution in [-0.2, 0) is 7.05 Å². The lowest BCUT2D eigenvalue weighted by Crippen LogP contribution is -2.60. The van der Waals surface area contributed by atoms with E-state index in [1.54, 1.807) is 4.80 Å². The van der Waals surface area contributed by atoms with Crippen LogP contribution in [0.3, 0.4) is 0 Å². The second kappa shape index (κ2) is 5.44. The smallest absolute Gasteiger partial charge is 0.196 e. The van der Waals surface area contributed by atoms with Crippen LogP contribution in [0.4, 0.5) is 0 Å². The summed E-state index contributed by atoms with van der Waals surface area (Å²) in [5.41, 5.74) is 1.75. The molecule has 1 atom stereocenters. The molecule has 3 heterocycles. The zero-order valence-electron chi connectivity index (χ0n) is 12.9. The maximum atomic E-state index is 4.46. The van der Waals surface area contributed by atoms with E-state index in [4.69, 9.17) is 0 Å². The fourth-order valence-corrected chi connectivity index (χ4v) is 3.84. The van der Waals surface area contributed by atoms with Crippen LogP contribution in [0.5, 0.6) is 0 Å². The summed E-state index contributed by atoms with van der Waals surface area (Å²) in [5.74, 6) is 0.803. The summed E-state index contributed by atoms with van der Waals surface area (Å²) < 4.78 is 0. The molecule has 6 heteroatoms. The van der Waals surface area contributed by atoms with Gasteiger partial charge in [0.15, 0.2) is 5.82 Å². The molecule has 0 amide bonds. The molecule has 1 N–H and O–H groups in total. The number of hydrogen-bond acceptors (Lipinski definition) is 5. The zero-order chi connectivity index (χ0) is 15.0. The second-order valence-corrected chi connectivity index (χ2v) is 6.61. The van der Waals surface area contributed by atoms with Crippen LogP contribution < -0.4 is 5.32 Å². The van der Waals surface area contributed by atoms with Gasteiger partial charge in [-0.15, -0.1) is 10.2 Å². The lowest BCUT2D eigenvalue weighted by molar-refractivity contribution is -0.0438. The zero-order valence-corrected chi connectivity index (χ0v) is 12.9. The highest BCUT2D eigenvalue weighted by atomic mass is 15.6. The van der Waals surface area contributed by atoms with Gasteiger partial charge in [0, 0.05) is 13.1 Å². The predicted molar refractivity (Wildman–Crippen MR) is 83.2 cm³/mol. The molecule has 0 radical (unpaired) electrons. The summed E-state index contributed by atoms with van der Waals surface area (Å²) in [5, 5.41) is 16.2. The Labute approximate surface area is 130 Å². The molecule has 2 aromatic rings. The van der Waals surface area contributed by atoms with Crippen molar-refractivity contribution in [3.63, 3.8) is 0 Å². The number of aryl methyl sites for hydroxylation is 1. The lowest BCUT2D eigenvalue weighted by atomic mass is 9.71. The number of hydrogen-bond donors (Lipinski definition) is 1. The van der Waals surface area contributed by atoms with Crippen LogP contribution in [-0.4, -0.2) is 51.3 Å². The average molecular weight is 298 g/mol. The molecule has 1 aromatic heterocycles. The van der Waals surface area contributed by atoms with E-state index >= 15 is 0 Å². The molecular weight excluding hydrogens is 276 g/mol. The maximum Gasteiger partial charge on any atom is 0.196 e. The van der Waals surface area contributed by atoms with Gasteiger partial charge in [-0.1, -0.05) is 30.3 Å². The van der Waals surface area contributed by atoms with Gasteiger partial charge in [0.1, 0.15) is 0 Å². The highest BCUT2D eigenvalue weighted by molar-refractivity contribution is 5.25. The molecule has 0 saturated carbocycles. The first kappa shape index (κ1) is 13.8. The number of nitrogens with zero attached hydrogens (tertiary/aromatic N) is 5. The molecule has 6 nitrogen and oxygen atoms in total. The van der Waals surface area contributed by atoms with E-state index in [1.807, 2.05) is 7.05 Å². The van der Waals surface area contributed by atoms with E-state index in [1.165, 1.54) is 18.4 Å². The number of aromatic nitrogens is 4. The van der Waals surface area contributed by atoms with Gasteiger partial charge in [-0.25, -0.2) is 0 Å². The largest absolute Gasteiger partial charge is 0.317 e. The first-order chi connectivity index (χ1) is 10.8. The Hall–Kier alpha value is -1.79. The van der Waals surface area contributed by atoms with Crippen molar-refractivity contribution in [1.29, 1.82) is 0 Å². The number of rotatable bonds is 3. The number of likely N-dealkylation sites (tertiary alicyclic amines) is 1. The highest BCUT2D eigenvalue weighted by Gasteiger charge is 2.47. The fourth-order valence-electron chi connectivity index (χ4n) is 3.84. The Morgan fingerprint density at radius 3 is 2.50 bits per heavy atom. The van der Waals surface area contributed by atoms with Gasteiger partial charge >= 0.3 is 0 Å². The Kier molecular flexibility index (Phi) is 3.43. The van der Waals surface area contributed by atoms with Gasteiger partial charge in [-0.3, -0.25) is 4.90 Å². The third-order valence-electron chi connectivity index (χ3n) is 4.99. The minimum absolute atomic E-state index is 0.121. The van der Waals surface area contributed by atoms with Crippen LogP contribution in [0.1, 0.15) is 30.3 Å². The molecule has 1 aromatic carbocycles. The summed E-state index contributed by atoms with van der Waals surface area (Å²) >= 11 is 0. The number of benzene rings is 1. The van der Waals surface area contributed by atoms with Crippen LogP contribution >= 0.6 is 0 Å². The highest BCUT2D eigenvalue weighted by Crippen LogP contribution is 2.44. The fraction of sp³-hybridized carbons (Fsp3) is 0.562. The van der Waals surface area contributed by atoms with Crippen molar-refractivity contribution in [2.75, 3.05) is 26.2 Å². The van der Waals surface area contributed by atoms with Gasteiger partial charge in [0.2, 0.25) is 0 Å². The average Bonchev–Trinajstić information content (AvgIpc) is 2.94. The van der Waals surface area contributed by atoms with E-state index in [0.717, 1.165) is 32.0 Å². The van der Waals surface area contributed by atoms with E-state index < -0.39 is 0 Å². The van der Waals surface area contributed by atoms with Gasteiger partial charge in [0.05, 0.1) is 13.1 Å². The minimum Gasteiger partial charge on any atom is -0.317 e. The van der Waals surface area contributed by atoms with Crippen molar-refractivity contribution in [1.82, 2.24) is 30.4 Å². The van der Waals surface area contributed by atoms with Gasteiger partial charge in [0.25, 0.3) is 0 Å². The molecular formula is C16H22N6. The SMILES string of the molecule is Cn1nnc(C(c2ccccc2)N2CC3(CCNCC3)C2)n1. The van der Waals surface area contributed by atoms with E-state index in [-0.39, 0.29) is 6.04 Å². The molecule has 1 unspecified atom stereocenters. The molecule has 0 bridgehead atoms. The summed E-state index contributed by atoms with van der Waals surface area (Å²) in [6, 6.07) is 10.7. The van der Waals surface area contributed by atoms with Crippen LogP contribution in [0, 0.1) is 5.41 Å². The Morgan fingerprint density at radius 2 is 1.86 bits per heavy atom. The lowest BCUT2D eigenvalue weighted by Gasteiger charge is -2.54. The van der Waals surface area contributed by atoms with E-state index in [0.29, 0.717) is 5.41 Å². The molecule has 2 saturated heterocycles. The number of piperidine rings is 1. The Bertz CT molecular complexity index is 623. The molecule has 4 rings (SSSR count). The monoisotopic (exact) mass is 298 g/mol. The molecule has 2 fully saturated rings. The van der Waals surface area contributed by atoms with Gasteiger partial charge in [-0.05, 0) is 42.1 Å². The first-order valence-electron chi connectivity index (χ1n) is 7.99. The molecule has 2 aliphatic rings. The third kappa shape index (κ3) is 2.42. The summed E-state index contributed by atoms with van der Waals surface area (Å²) in [7, 11) is 1.82. The van der Waals surface area contributed by atoms with Crippen molar-refractivity contribution in [2.45, 2.75) is 18.9 Å². The quantitative estimate of drug-likeness (QED) is 0.915. The summed E-state index contributed by atoms with van der Waals surface area (Å²) in [6.45, 7) is 4.56. The second-order valence-electron chi connectivity index (χ2n) is 6.61. The molecule has 1 spiro atoms. The molecule has 22 heavy (non-hydrogen) atoms. The van der Waals surface area contributed by atoms with Crippen molar-refractivity contribution < 1.29 is 0 Å². The van der Waals surface area contributed by atoms with Gasteiger partial charge in [-0.2, -0.15) is 4.80 Å². The standard InChI is InChI=1S/C16H22N6/c1-21-19-15(18-20-21)14(13-5-3-2-4-6-13)22-11-16(12-22)7-9-17-10-8-16/h2-6,14,17H,7-12H2,1H3. The van der Waals surface area contributed by atoms with Crippen molar-refractivity contribution in [3.8, 4) is 0 Å². The summed E-state index contributed by atoms with van der Waals surface area (Å²) in [6.07, 6.45) is 2.55. The molecule has 0 aliphatic carbocycles. The maximum absolute atomic E-state index is 4.46. The number of tetrazole rings is 1. The Morgan fingerprint density at radius 1 is 1.14 bits per heavy atom. The molecule has 2 aliphatic heterocycles. The van der Waals surface area contributed by atoms with Crippen molar-refractivity contribution >= 4 is 0 Å². The van der Waals surface area contributed by atoms with E-state index in [9.17, 15) is 0 Å². The van der Waals surface area contributed by atoms with Crippen LogP contribution in [0.25, 0.3) is 0 Å². The number of nitrogens with one attached hydrogen (secondary N) is 1. The topological polar surface area (TPSA) is 58.9 Å². The molecule has 116 valence electrons. The van der Waals surface area contributed by atoms with Crippen molar-refractivity contribution in [2.24, 2.45) is 12.5 Å². The van der Waals surface area contributed by atoms with Gasteiger partial charge < -0.3 is 5.32 Å². The minimum atomic E-state index is 0.121. The predicted octanol–water partition coefficient (Wildman–Crippen LogP) is 0.985. The Balaban J connectivity index is 1.59. The van der Waals surface area contributed by atoms with E-state index in [2.05, 4.69) is 56.0 Å². The van der Waals surface area contributed by atoms with Crippen LogP contribution in [0.2, 0.25) is 0 Å². The normalized spacial score (nSPS) is 22.4. The third-order valence-corrected chi connectivity index (χ3v) is 4.99.